The highest BCUT2D eigenvalue weighted by Crippen LogP contribution is 2.13. The normalized spacial score (nSPS) is 11.7. The summed E-state index contributed by atoms with van der Waals surface area (Å²) in [6, 6.07) is 33.9. The number of nitrogens with zero attached hydrogens (tertiary/aromatic N) is 2. The first kappa shape index (κ1) is 23.5. The molecule has 0 spiro atoms. The van der Waals surface area contributed by atoms with E-state index in [9.17, 15) is 0 Å². The molecule has 0 bridgehead atoms. The standard InChI is InChI=1S/C28H32N2OSi/c1-2-3-16-25(17-8-7-15-24-29)30-31-32(26-18-9-4-10-19-26,27-20-11-5-12-21-27)28-22-13-6-14-23-28/h4-6,9-14,18-23H,2-3,7-8,15-17H2,1H3. The smallest absolute Gasteiger partial charge is 0.380 e. The van der Waals surface area contributed by atoms with Gasteiger partial charge in [-0.05, 0) is 47.7 Å². The van der Waals surface area contributed by atoms with E-state index in [2.05, 4.69) is 85.8 Å². The minimum absolute atomic E-state index is 0.596. The van der Waals surface area contributed by atoms with Crippen molar-refractivity contribution in [2.75, 3.05) is 0 Å². The van der Waals surface area contributed by atoms with Gasteiger partial charge in [-0.3, -0.25) is 0 Å². The van der Waals surface area contributed by atoms with E-state index in [0.717, 1.165) is 44.2 Å². The quantitative estimate of drug-likeness (QED) is 0.126. The fourth-order valence-corrected chi connectivity index (χ4v) is 7.51. The molecular formula is C28H32N2OSi. The summed E-state index contributed by atoms with van der Waals surface area (Å²) in [5.74, 6) is 0. The summed E-state index contributed by atoms with van der Waals surface area (Å²) >= 11 is 0. The van der Waals surface area contributed by atoms with Gasteiger partial charge in [0.1, 0.15) is 0 Å². The molecule has 3 aromatic carbocycles. The summed E-state index contributed by atoms with van der Waals surface area (Å²) in [5.41, 5.74) is 1.10. The average molecular weight is 441 g/mol. The molecular weight excluding hydrogens is 408 g/mol. The third-order valence-corrected chi connectivity index (χ3v) is 9.48. The van der Waals surface area contributed by atoms with Gasteiger partial charge in [-0.15, -0.1) is 5.16 Å². The predicted octanol–water partition coefficient (Wildman–Crippen LogP) is 5.30. The van der Waals surface area contributed by atoms with Gasteiger partial charge in [-0.2, -0.15) is 5.26 Å². The Labute approximate surface area is 193 Å². The van der Waals surface area contributed by atoms with E-state index in [1.807, 2.05) is 18.2 Å². The molecule has 164 valence electrons. The van der Waals surface area contributed by atoms with E-state index in [0.29, 0.717) is 6.42 Å². The Balaban J connectivity index is 2.07. The highest BCUT2D eigenvalue weighted by Gasteiger charge is 2.44. The summed E-state index contributed by atoms with van der Waals surface area (Å²) in [5, 5.41) is 17.3. The molecule has 0 aromatic heterocycles. The lowest BCUT2D eigenvalue weighted by Crippen LogP contribution is -2.68. The second kappa shape index (κ2) is 12.6. The first-order valence-electron chi connectivity index (χ1n) is 11.6. The lowest BCUT2D eigenvalue weighted by atomic mass is 10.1. The van der Waals surface area contributed by atoms with Crippen molar-refractivity contribution in [2.24, 2.45) is 5.16 Å². The number of rotatable bonds is 12. The third-order valence-electron chi connectivity index (χ3n) is 5.68. The van der Waals surface area contributed by atoms with Crippen LogP contribution < -0.4 is 15.6 Å². The van der Waals surface area contributed by atoms with Crippen molar-refractivity contribution >= 4 is 29.6 Å². The summed E-state index contributed by atoms with van der Waals surface area (Å²) < 4.78 is 6.77. The fourth-order valence-electron chi connectivity index (χ4n) is 3.94. The van der Waals surface area contributed by atoms with Gasteiger partial charge in [-0.1, -0.05) is 104 Å². The Kier molecular flexibility index (Phi) is 9.28. The zero-order chi connectivity index (χ0) is 22.5. The van der Waals surface area contributed by atoms with Gasteiger partial charge in [0.2, 0.25) is 0 Å². The summed E-state index contributed by atoms with van der Waals surface area (Å²) in [7, 11) is -2.82. The van der Waals surface area contributed by atoms with Crippen LogP contribution in [0.5, 0.6) is 0 Å². The fraction of sp³-hybridized carbons (Fsp3) is 0.286. The van der Waals surface area contributed by atoms with E-state index in [-0.39, 0.29) is 0 Å². The number of nitriles is 1. The Hall–Kier alpha value is -3.16. The number of hydrogen-bond acceptors (Lipinski definition) is 3. The Morgan fingerprint density at radius 2 is 1.22 bits per heavy atom. The molecule has 0 N–H and O–H groups in total. The van der Waals surface area contributed by atoms with Crippen molar-refractivity contribution in [3.63, 3.8) is 0 Å². The largest absolute Gasteiger partial charge is 0.438 e. The molecule has 0 aliphatic heterocycles. The summed E-state index contributed by atoms with van der Waals surface area (Å²) in [6.07, 6.45) is 6.50. The predicted molar refractivity (Wildman–Crippen MR) is 136 cm³/mol. The number of unbranched alkanes of at least 4 members (excludes halogenated alkanes) is 3. The van der Waals surface area contributed by atoms with Crippen LogP contribution in [0.2, 0.25) is 0 Å². The molecule has 0 heterocycles. The van der Waals surface area contributed by atoms with Crippen molar-refractivity contribution in [1.82, 2.24) is 0 Å². The molecule has 0 amide bonds. The average Bonchev–Trinajstić information content (AvgIpc) is 2.87. The van der Waals surface area contributed by atoms with E-state index in [4.69, 9.17) is 14.9 Å². The van der Waals surface area contributed by atoms with Crippen LogP contribution in [0.4, 0.5) is 0 Å². The Morgan fingerprint density at radius 3 is 1.66 bits per heavy atom. The van der Waals surface area contributed by atoms with Crippen LogP contribution in [0.15, 0.2) is 96.2 Å². The zero-order valence-electron chi connectivity index (χ0n) is 18.9. The van der Waals surface area contributed by atoms with Crippen molar-refractivity contribution in [3.05, 3.63) is 91.0 Å². The topological polar surface area (TPSA) is 45.4 Å². The molecule has 0 aliphatic carbocycles. The molecule has 0 fully saturated rings. The summed E-state index contributed by atoms with van der Waals surface area (Å²) in [6.45, 7) is 2.20. The Bertz CT molecular complexity index is 901. The first-order chi connectivity index (χ1) is 15.8. The van der Waals surface area contributed by atoms with Gasteiger partial charge in [-0.25, -0.2) is 0 Å². The maximum absolute atomic E-state index is 8.86. The molecule has 0 atom stereocenters. The van der Waals surface area contributed by atoms with E-state index in [1.54, 1.807) is 0 Å². The number of benzene rings is 3. The van der Waals surface area contributed by atoms with Crippen LogP contribution in [0.1, 0.15) is 51.9 Å². The molecule has 0 unspecified atom stereocenters. The highest BCUT2D eigenvalue weighted by atomic mass is 28.4. The van der Waals surface area contributed by atoms with Crippen molar-refractivity contribution in [3.8, 4) is 6.07 Å². The van der Waals surface area contributed by atoms with Crippen LogP contribution in [-0.2, 0) is 4.53 Å². The second-order valence-corrected chi connectivity index (χ2v) is 11.3. The minimum atomic E-state index is -2.82. The number of oxime groups is 1. The van der Waals surface area contributed by atoms with Gasteiger partial charge >= 0.3 is 8.32 Å². The molecule has 4 heteroatoms. The van der Waals surface area contributed by atoms with Crippen LogP contribution in [0.25, 0.3) is 0 Å². The van der Waals surface area contributed by atoms with Crippen molar-refractivity contribution < 1.29 is 4.53 Å². The van der Waals surface area contributed by atoms with E-state index < -0.39 is 8.32 Å². The maximum Gasteiger partial charge on any atom is 0.380 e. The molecule has 32 heavy (non-hydrogen) atoms. The van der Waals surface area contributed by atoms with Crippen molar-refractivity contribution in [2.45, 2.75) is 51.9 Å². The van der Waals surface area contributed by atoms with Gasteiger partial charge in [0.25, 0.3) is 0 Å². The lowest BCUT2D eigenvalue weighted by molar-refractivity contribution is 0.345. The first-order valence-corrected chi connectivity index (χ1v) is 13.5. The van der Waals surface area contributed by atoms with Gasteiger partial charge < -0.3 is 4.53 Å². The highest BCUT2D eigenvalue weighted by molar-refractivity contribution is 7.07. The maximum atomic E-state index is 8.86. The zero-order valence-corrected chi connectivity index (χ0v) is 19.9. The van der Waals surface area contributed by atoms with Gasteiger partial charge in [0.15, 0.2) is 0 Å². The third kappa shape index (κ3) is 5.96. The molecule has 0 saturated heterocycles. The second-order valence-electron chi connectivity index (χ2n) is 8.00. The van der Waals surface area contributed by atoms with Crippen LogP contribution in [-0.4, -0.2) is 14.0 Å². The molecule has 3 aromatic rings. The van der Waals surface area contributed by atoms with Gasteiger partial charge in [0.05, 0.1) is 11.8 Å². The van der Waals surface area contributed by atoms with Crippen LogP contribution in [0.3, 0.4) is 0 Å². The summed E-state index contributed by atoms with van der Waals surface area (Å²) in [4.78, 5) is 0. The van der Waals surface area contributed by atoms with Crippen molar-refractivity contribution in [1.29, 1.82) is 5.26 Å². The Morgan fingerprint density at radius 1 is 0.750 bits per heavy atom. The molecule has 0 aliphatic rings. The van der Waals surface area contributed by atoms with E-state index in [1.165, 1.54) is 15.6 Å². The van der Waals surface area contributed by atoms with Crippen LogP contribution >= 0.6 is 0 Å². The number of hydrogen-bond donors (Lipinski definition) is 0. The van der Waals surface area contributed by atoms with Gasteiger partial charge in [0, 0.05) is 6.42 Å². The molecule has 0 radical (unpaired) electrons. The molecule has 3 rings (SSSR count). The molecule has 0 saturated carbocycles. The lowest BCUT2D eigenvalue weighted by Gasteiger charge is -2.30. The monoisotopic (exact) mass is 440 g/mol. The van der Waals surface area contributed by atoms with E-state index >= 15 is 0 Å². The molecule has 3 nitrogen and oxygen atoms in total. The minimum Gasteiger partial charge on any atom is -0.438 e. The van der Waals surface area contributed by atoms with Crippen LogP contribution in [0, 0.1) is 11.3 Å². The SMILES string of the molecule is CCCCC(CCCCC#N)=NO[Si](c1ccccc1)(c1ccccc1)c1ccccc1.